The SMILES string of the molecule is CC=C1CC2CN(CCc3c([nH]c4ccccc34)[C@@](C(=O)OC)(c3cc4c(cc3OC)N(C)[C@H]3C(O)(C(=O)OC)[C@H](OC(C)=O)[C@]5(CC)C=CCN6CC[C@]43[C@@H]65)C2)C1. The third-order valence-corrected chi connectivity index (χ3v) is 15.1. The van der Waals surface area contributed by atoms with Crippen molar-refractivity contribution in [3.63, 3.8) is 0 Å². The van der Waals surface area contributed by atoms with Gasteiger partial charge in [0.2, 0.25) is 5.60 Å². The molecule has 58 heavy (non-hydrogen) atoms. The van der Waals surface area contributed by atoms with Crippen molar-refractivity contribution in [1.82, 2.24) is 14.8 Å². The Balaban J connectivity index is 1.37. The summed E-state index contributed by atoms with van der Waals surface area (Å²) in [4.78, 5) is 53.4. The highest BCUT2D eigenvalue weighted by Gasteiger charge is 2.80. The number of esters is 3. The van der Waals surface area contributed by atoms with Gasteiger partial charge >= 0.3 is 17.9 Å². The van der Waals surface area contributed by atoms with Crippen LogP contribution in [0.4, 0.5) is 5.69 Å². The fraction of sp³-hybridized carbons (Fsp3) is 0.543. The van der Waals surface area contributed by atoms with Crippen LogP contribution in [0.2, 0.25) is 0 Å². The smallest absolute Gasteiger partial charge is 0.344 e. The molecule has 5 aliphatic heterocycles. The van der Waals surface area contributed by atoms with E-state index in [1.807, 2.05) is 37.1 Å². The Hall–Kier alpha value is -4.65. The molecule has 6 aliphatic rings. The molecule has 9 atom stereocenters. The summed E-state index contributed by atoms with van der Waals surface area (Å²) in [5, 5.41) is 14.4. The van der Waals surface area contributed by atoms with Gasteiger partial charge in [0, 0.05) is 90.9 Å². The molecule has 0 radical (unpaired) electrons. The number of piperidine rings is 1. The molecule has 9 rings (SSSR count). The third-order valence-electron chi connectivity index (χ3n) is 15.1. The number of likely N-dealkylation sites (N-methyl/N-ethyl adjacent to an activating group) is 1. The van der Waals surface area contributed by atoms with E-state index in [0.717, 1.165) is 65.9 Å². The lowest BCUT2D eigenvalue weighted by molar-refractivity contribution is -0.228. The first-order chi connectivity index (χ1) is 27.9. The van der Waals surface area contributed by atoms with Crippen LogP contribution in [0, 0.1) is 11.3 Å². The molecule has 2 bridgehead atoms. The number of ether oxygens (including phenoxy) is 4. The fourth-order valence-electron chi connectivity index (χ4n) is 13.2. The van der Waals surface area contributed by atoms with Crippen LogP contribution in [-0.2, 0) is 45.8 Å². The number of fused-ring (bicyclic) bond motifs is 6. The van der Waals surface area contributed by atoms with Gasteiger partial charge < -0.3 is 33.9 Å². The van der Waals surface area contributed by atoms with E-state index < -0.39 is 45.9 Å². The number of H-pyrrole nitrogens is 1. The van der Waals surface area contributed by atoms with Crippen molar-refractivity contribution in [2.45, 2.75) is 87.5 Å². The number of carbonyl (C=O) groups is 3. The molecule has 308 valence electrons. The van der Waals surface area contributed by atoms with Crippen molar-refractivity contribution in [2.24, 2.45) is 11.3 Å². The number of nitrogens with one attached hydrogen (secondary N) is 1. The quantitative estimate of drug-likeness (QED) is 0.203. The summed E-state index contributed by atoms with van der Waals surface area (Å²) in [6.45, 7) is 9.38. The highest BCUT2D eigenvalue weighted by atomic mass is 16.6. The molecule has 2 N–H and O–H groups in total. The lowest BCUT2D eigenvalue weighted by atomic mass is 9.47. The van der Waals surface area contributed by atoms with Gasteiger partial charge in [0.25, 0.3) is 0 Å². The van der Waals surface area contributed by atoms with Gasteiger partial charge in [-0.1, -0.05) is 48.9 Å². The van der Waals surface area contributed by atoms with E-state index in [1.54, 1.807) is 7.11 Å². The monoisotopic (exact) mass is 792 g/mol. The minimum Gasteiger partial charge on any atom is -0.496 e. The van der Waals surface area contributed by atoms with Crippen molar-refractivity contribution >= 4 is 34.5 Å². The summed E-state index contributed by atoms with van der Waals surface area (Å²) in [5.41, 5.74) is 1.16. The summed E-state index contributed by atoms with van der Waals surface area (Å²) in [6.07, 6.45) is 8.25. The maximum atomic E-state index is 15.3. The normalized spacial score (nSPS) is 35.6. The summed E-state index contributed by atoms with van der Waals surface area (Å²) in [6, 6.07) is 11.2. The Kier molecular flexibility index (Phi) is 9.18. The molecule has 1 aliphatic carbocycles. The maximum absolute atomic E-state index is 15.3. The van der Waals surface area contributed by atoms with Crippen LogP contribution in [0.5, 0.6) is 5.75 Å². The molecule has 2 saturated heterocycles. The van der Waals surface area contributed by atoms with Gasteiger partial charge in [-0.3, -0.25) is 19.4 Å². The van der Waals surface area contributed by atoms with E-state index in [2.05, 4.69) is 58.1 Å². The number of rotatable bonds is 6. The summed E-state index contributed by atoms with van der Waals surface area (Å²) < 4.78 is 24.0. The van der Waals surface area contributed by atoms with Gasteiger partial charge in [0.15, 0.2) is 6.10 Å². The van der Waals surface area contributed by atoms with Gasteiger partial charge in [-0.25, -0.2) is 4.79 Å². The summed E-state index contributed by atoms with van der Waals surface area (Å²) >= 11 is 0. The number of allylic oxidation sites excluding steroid dienone is 1. The molecule has 0 amide bonds. The number of aliphatic hydroxyl groups is 1. The number of hydrogen-bond acceptors (Lipinski definition) is 11. The van der Waals surface area contributed by atoms with Crippen LogP contribution < -0.4 is 9.64 Å². The molecule has 12 heteroatoms. The Morgan fingerprint density at radius 2 is 1.81 bits per heavy atom. The number of hydrogen-bond donors (Lipinski definition) is 2. The van der Waals surface area contributed by atoms with E-state index in [-0.39, 0.29) is 17.9 Å². The molecule has 1 spiro atoms. The van der Waals surface area contributed by atoms with Crippen LogP contribution in [0.15, 0.2) is 60.2 Å². The minimum atomic E-state index is -2.28. The van der Waals surface area contributed by atoms with Gasteiger partial charge in [0.1, 0.15) is 11.2 Å². The first-order valence-corrected chi connectivity index (χ1v) is 20.8. The van der Waals surface area contributed by atoms with E-state index in [4.69, 9.17) is 18.9 Å². The molecule has 3 fully saturated rings. The summed E-state index contributed by atoms with van der Waals surface area (Å²) in [5.74, 6) is -1.20. The number of benzene rings is 2. The zero-order chi connectivity index (χ0) is 40.9. The maximum Gasteiger partial charge on any atom is 0.344 e. The topological polar surface area (TPSA) is 134 Å². The van der Waals surface area contributed by atoms with E-state index in [9.17, 15) is 14.7 Å². The third kappa shape index (κ3) is 4.94. The van der Waals surface area contributed by atoms with Crippen LogP contribution in [0.25, 0.3) is 10.9 Å². The number of nitrogens with zero attached hydrogens (tertiary/aromatic N) is 3. The van der Waals surface area contributed by atoms with Gasteiger partial charge in [-0.05, 0) is 74.8 Å². The second kappa shape index (κ2) is 13.7. The second-order valence-electron chi connectivity index (χ2n) is 17.6. The van der Waals surface area contributed by atoms with Gasteiger partial charge in [-0.15, -0.1) is 0 Å². The highest BCUT2D eigenvalue weighted by Crippen LogP contribution is 2.68. The van der Waals surface area contributed by atoms with Crippen molar-refractivity contribution in [2.75, 3.05) is 66.0 Å². The molecule has 3 unspecified atom stereocenters. The Labute approximate surface area is 340 Å². The van der Waals surface area contributed by atoms with Crippen molar-refractivity contribution in [1.29, 1.82) is 0 Å². The fourth-order valence-corrected chi connectivity index (χ4v) is 13.2. The van der Waals surface area contributed by atoms with Crippen molar-refractivity contribution < 1.29 is 38.4 Å². The van der Waals surface area contributed by atoms with Crippen molar-refractivity contribution in [3.05, 3.63) is 82.6 Å². The second-order valence-corrected chi connectivity index (χ2v) is 17.6. The molecule has 1 aromatic heterocycles. The number of para-hydroxylation sites is 1. The standard InChI is InChI=1S/C46H56N4O8/c1-8-28-21-29-24-45(41(52)56-6,37-31(15-19-49(25-28)26-29)30-13-10-11-14-34(30)47-37)33-22-32-35(23-36(33)55-5)48(4)39-44(32)17-20-50-18-12-16-43(9-2,38(44)50)40(58-27(3)51)46(39,54)42(53)57-7/h8,10-14,16,22-23,29,38-40,47,54H,9,15,17-21,24-26H2,1-7H3/t29?,38-,39+,40+,43+,44+,45-,46?/m0/s1. The average Bonchev–Trinajstić information content (AvgIpc) is 3.89. The molecule has 12 nitrogen and oxygen atoms in total. The Morgan fingerprint density at radius 3 is 2.52 bits per heavy atom. The molecular weight excluding hydrogens is 737 g/mol. The zero-order valence-corrected chi connectivity index (χ0v) is 34.7. The first kappa shape index (κ1) is 38.8. The summed E-state index contributed by atoms with van der Waals surface area (Å²) in [7, 11) is 6.25. The van der Waals surface area contributed by atoms with Crippen LogP contribution in [-0.4, -0.2) is 123 Å². The van der Waals surface area contributed by atoms with E-state index in [1.165, 1.54) is 26.7 Å². The Morgan fingerprint density at radius 1 is 1.03 bits per heavy atom. The number of carbonyl (C=O) groups excluding carboxylic acids is 3. The lowest BCUT2D eigenvalue weighted by Gasteiger charge is -2.63. The predicted molar refractivity (Wildman–Crippen MR) is 219 cm³/mol. The van der Waals surface area contributed by atoms with Crippen molar-refractivity contribution in [3.8, 4) is 5.75 Å². The zero-order valence-electron chi connectivity index (χ0n) is 34.7. The average molecular weight is 793 g/mol. The van der Waals surface area contributed by atoms with E-state index in [0.29, 0.717) is 43.7 Å². The van der Waals surface area contributed by atoms with Gasteiger partial charge in [0.05, 0.1) is 27.4 Å². The predicted octanol–water partition coefficient (Wildman–Crippen LogP) is 4.80. The molecule has 1 saturated carbocycles. The molecule has 3 aromatic rings. The number of aromatic nitrogens is 1. The molecule has 2 aromatic carbocycles. The molecule has 6 heterocycles. The largest absolute Gasteiger partial charge is 0.496 e. The van der Waals surface area contributed by atoms with Crippen LogP contribution in [0.3, 0.4) is 0 Å². The lowest BCUT2D eigenvalue weighted by Crippen LogP contribution is -2.81. The number of methoxy groups -OCH3 is 3. The number of aromatic amines is 1. The highest BCUT2D eigenvalue weighted by molar-refractivity contribution is 5.95. The molecular formula is C46H56N4O8. The Bertz CT molecular complexity index is 2270. The minimum absolute atomic E-state index is 0.115. The first-order valence-electron chi connectivity index (χ1n) is 20.8. The van der Waals surface area contributed by atoms with Gasteiger partial charge in [-0.2, -0.15) is 0 Å². The van der Waals surface area contributed by atoms with Crippen LogP contribution in [0.1, 0.15) is 68.8 Å². The van der Waals surface area contributed by atoms with E-state index >= 15 is 4.79 Å². The number of anilines is 1. The van der Waals surface area contributed by atoms with Crippen LogP contribution >= 0.6 is 0 Å².